The predicted octanol–water partition coefficient (Wildman–Crippen LogP) is 3.69. The van der Waals surface area contributed by atoms with Crippen LogP contribution in [0.25, 0.3) is 0 Å². The van der Waals surface area contributed by atoms with Gasteiger partial charge in [-0.05, 0) is 50.8 Å². The Morgan fingerprint density at radius 2 is 2.07 bits per heavy atom. The van der Waals surface area contributed by atoms with Crippen LogP contribution in [-0.4, -0.2) is 12.1 Å². The molecule has 1 atom stereocenters. The second-order valence-corrected chi connectivity index (χ2v) is 5.88. The highest BCUT2D eigenvalue weighted by Gasteiger charge is 2.28. The molecule has 1 unspecified atom stereocenters. The van der Waals surface area contributed by atoms with Gasteiger partial charge in [0, 0.05) is 10.0 Å². The summed E-state index contributed by atoms with van der Waals surface area (Å²) in [5, 5.41) is 3.56. The van der Waals surface area contributed by atoms with Crippen LogP contribution < -0.4 is 5.32 Å². The molecular formula is C13H18BrN. The van der Waals surface area contributed by atoms with Gasteiger partial charge in [-0.3, -0.25) is 0 Å². The molecule has 0 aliphatic carbocycles. The molecule has 1 aromatic rings. The summed E-state index contributed by atoms with van der Waals surface area (Å²) in [5.41, 5.74) is 1.74. The molecular weight excluding hydrogens is 250 g/mol. The molecule has 0 radical (unpaired) electrons. The minimum atomic E-state index is 0.276. The zero-order valence-electron chi connectivity index (χ0n) is 9.39. The molecule has 0 bridgehead atoms. The first-order valence-electron chi connectivity index (χ1n) is 5.58. The smallest absolute Gasteiger partial charge is 0.0210 e. The monoisotopic (exact) mass is 267 g/mol. The maximum absolute atomic E-state index is 3.65. The average molecular weight is 268 g/mol. The molecule has 0 spiro atoms. The standard InChI is InChI=1S/C13H18BrN/c1-13(2)9-10(7-8-15-13)11-5-3-4-6-12(11)14/h3-6,10,15H,7-9H2,1-2H3. The Bertz CT molecular complexity index is 346. The van der Waals surface area contributed by atoms with Crippen LogP contribution >= 0.6 is 15.9 Å². The number of rotatable bonds is 1. The van der Waals surface area contributed by atoms with E-state index in [0.29, 0.717) is 5.92 Å². The van der Waals surface area contributed by atoms with Crippen molar-refractivity contribution in [1.29, 1.82) is 0 Å². The zero-order valence-corrected chi connectivity index (χ0v) is 11.0. The summed E-state index contributed by atoms with van der Waals surface area (Å²) in [6.45, 7) is 5.70. The first kappa shape index (κ1) is 11.2. The van der Waals surface area contributed by atoms with Crippen LogP contribution in [0.4, 0.5) is 0 Å². The van der Waals surface area contributed by atoms with Crippen LogP contribution in [0.3, 0.4) is 0 Å². The molecule has 0 aromatic heterocycles. The van der Waals surface area contributed by atoms with Crippen molar-refractivity contribution in [3.05, 3.63) is 34.3 Å². The average Bonchev–Trinajstić information content (AvgIpc) is 2.17. The Labute approximate surface area is 100 Å². The van der Waals surface area contributed by atoms with Crippen molar-refractivity contribution >= 4 is 15.9 Å². The molecule has 0 amide bonds. The molecule has 15 heavy (non-hydrogen) atoms. The zero-order chi connectivity index (χ0) is 10.9. The Morgan fingerprint density at radius 1 is 1.33 bits per heavy atom. The molecule has 82 valence electrons. The second-order valence-electron chi connectivity index (χ2n) is 5.02. The van der Waals surface area contributed by atoms with Crippen molar-refractivity contribution < 1.29 is 0 Å². The van der Waals surface area contributed by atoms with E-state index in [1.807, 2.05) is 0 Å². The lowest BCUT2D eigenvalue weighted by Crippen LogP contribution is -2.45. The van der Waals surface area contributed by atoms with E-state index in [4.69, 9.17) is 0 Å². The summed E-state index contributed by atoms with van der Waals surface area (Å²) in [5.74, 6) is 0.692. The summed E-state index contributed by atoms with van der Waals surface area (Å²) in [7, 11) is 0. The molecule has 1 heterocycles. The number of halogens is 1. The molecule has 2 rings (SSSR count). The van der Waals surface area contributed by atoms with Crippen LogP contribution in [-0.2, 0) is 0 Å². The van der Waals surface area contributed by atoms with Crippen LogP contribution in [0.15, 0.2) is 28.7 Å². The van der Waals surface area contributed by atoms with Crippen molar-refractivity contribution in [2.45, 2.75) is 38.1 Å². The van der Waals surface area contributed by atoms with Crippen molar-refractivity contribution in [3.63, 3.8) is 0 Å². The fourth-order valence-corrected chi connectivity index (χ4v) is 3.06. The third-order valence-electron chi connectivity index (χ3n) is 3.20. The summed E-state index contributed by atoms with van der Waals surface area (Å²) < 4.78 is 1.26. The Kier molecular flexibility index (Phi) is 3.17. The fraction of sp³-hybridized carbons (Fsp3) is 0.538. The first-order valence-corrected chi connectivity index (χ1v) is 6.37. The highest BCUT2D eigenvalue weighted by molar-refractivity contribution is 9.10. The second kappa shape index (κ2) is 4.26. The van der Waals surface area contributed by atoms with Gasteiger partial charge < -0.3 is 5.32 Å². The van der Waals surface area contributed by atoms with Crippen LogP contribution in [0.1, 0.15) is 38.2 Å². The van der Waals surface area contributed by atoms with Gasteiger partial charge in [-0.2, -0.15) is 0 Å². The summed E-state index contributed by atoms with van der Waals surface area (Å²) in [6, 6.07) is 8.61. The summed E-state index contributed by atoms with van der Waals surface area (Å²) in [6.07, 6.45) is 2.46. The van der Waals surface area contributed by atoms with E-state index in [0.717, 1.165) is 6.54 Å². The molecule has 1 aromatic carbocycles. The number of hydrogen-bond donors (Lipinski definition) is 1. The molecule has 0 saturated carbocycles. The fourth-order valence-electron chi connectivity index (χ4n) is 2.45. The third-order valence-corrected chi connectivity index (χ3v) is 3.92. The lowest BCUT2D eigenvalue weighted by molar-refractivity contribution is 0.275. The number of nitrogens with one attached hydrogen (secondary N) is 1. The number of benzene rings is 1. The summed E-state index contributed by atoms with van der Waals surface area (Å²) >= 11 is 3.65. The normalized spacial score (nSPS) is 25.1. The largest absolute Gasteiger partial charge is 0.312 e. The van der Waals surface area contributed by atoms with Gasteiger partial charge >= 0.3 is 0 Å². The van der Waals surface area contributed by atoms with Crippen LogP contribution in [0, 0.1) is 0 Å². The van der Waals surface area contributed by atoms with Gasteiger partial charge in [0.15, 0.2) is 0 Å². The molecule has 1 fully saturated rings. The molecule has 1 aliphatic heterocycles. The Hall–Kier alpha value is -0.340. The van der Waals surface area contributed by atoms with Gasteiger partial charge in [0.1, 0.15) is 0 Å². The van der Waals surface area contributed by atoms with E-state index >= 15 is 0 Å². The highest BCUT2D eigenvalue weighted by Crippen LogP contribution is 2.35. The Morgan fingerprint density at radius 3 is 2.73 bits per heavy atom. The molecule has 1 N–H and O–H groups in total. The lowest BCUT2D eigenvalue weighted by Gasteiger charge is -2.37. The van der Waals surface area contributed by atoms with E-state index in [-0.39, 0.29) is 5.54 Å². The van der Waals surface area contributed by atoms with E-state index < -0.39 is 0 Å². The van der Waals surface area contributed by atoms with Crippen molar-refractivity contribution in [3.8, 4) is 0 Å². The first-order chi connectivity index (χ1) is 7.08. The van der Waals surface area contributed by atoms with Gasteiger partial charge in [-0.25, -0.2) is 0 Å². The molecule has 1 aliphatic rings. The van der Waals surface area contributed by atoms with Gasteiger partial charge in [-0.1, -0.05) is 34.1 Å². The van der Waals surface area contributed by atoms with Crippen molar-refractivity contribution in [2.24, 2.45) is 0 Å². The van der Waals surface area contributed by atoms with Gasteiger partial charge in [-0.15, -0.1) is 0 Å². The van der Waals surface area contributed by atoms with E-state index in [1.54, 1.807) is 0 Å². The van der Waals surface area contributed by atoms with E-state index in [2.05, 4.69) is 59.4 Å². The SMILES string of the molecule is CC1(C)CC(c2ccccc2Br)CCN1. The van der Waals surface area contributed by atoms with Crippen LogP contribution in [0.5, 0.6) is 0 Å². The van der Waals surface area contributed by atoms with Crippen LogP contribution in [0.2, 0.25) is 0 Å². The predicted molar refractivity (Wildman–Crippen MR) is 68.2 cm³/mol. The van der Waals surface area contributed by atoms with Gasteiger partial charge in [0.05, 0.1) is 0 Å². The van der Waals surface area contributed by atoms with E-state index in [1.165, 1.54) is 22.9 Å². The quantitative estimate of drug-likeness (QED) is 0.819. The minimum Gasteiger partial charge on any atom is -0.312 e. The maximum Gasteiger partial charge on any atom is 0.0210 e. The van der Waals surface area contributed by atoms with Gasteiger partial charge in [0.25, 0.3) is 0 Å². The van der Waals surface area contributed by atoms with E-state index in [9.17, 15) is 0 Å². The topological polar surface area (TPSA) is 12.0 Å². The van der Waals surface area contributed by atoms with Crippen molar-refractivity contribution in [1.82, 2.24) is 5.32 Å². The lowest BCUT2D eigenvalue weighted by atomic mass is 9.81. The number of piperidine rings is 1. The third kappa shape index (κ3) is 2.61. The van der Waals surface area contributed by atoms with Gasteiger partial charge in [0.2, 0.25) is 0 Å². The molecule has 1 nitrogen and oxygen atoms in total. The summed E-state index contributed by atoms with van der Waals surface area (Å²) in [4.78, 5) is 0. The minimum absolute atomic E-state index is 0.276. The highest BCUT2D eigenvalue weighted by atomic mass is 79.9. The molecule has 2 heteroatoms. The molecule has 1 saturated heterocycles. The van der Waals surface area contributed by atoms with Crippen molar-refractivity contribution in [2.75, 3.05) is 6.54 Å². The maximum atomic E-state index is 3.65. The number of hydrogen-bond acceptors (Lipinski definition) is 1. The Balaban J connectivity index is 2.21.